The van der Waals surface area contributed by atoms with E-state index >= 15 is 0 Å². The van der Waals surface area contributed by atoms with Crippen LogP contribution < -0.4 is 47.9 Å². The summed E-state index contributed by atoms with van der Waals surface area (Å²) in [6, 6.07) is 19.8. The number of rotatable bonds is 38. The molecule has 9 N–H and O–H groups in total. The Morgan fingerprint density at radius 3 is 1.72 bits per heavy atom. The van der Waals surface area contributed by atoms with E-state index in [0.29, 0.717) is 94.1 Å². The number of benzene rings is 3. The molecule has 506 valence electrons. The number of alkyl carbamates (subject to hydrolysis) is 1. The Balaban J connectivity index is 0.944. The van der Waals surface area contributed by atoms with Crippen LogP contribution in [0.2, 0.25) is 5.02 Å². The summed E-state index contributed by atoms with van der Waals surface area (Å²) in [6.45, 7) is 7.21. The topological polar surface area (TPSA) is 311 Å². The third-order valence-corrected chi connectivity index (χ3v) is 17.8. The van der Waals surface area contributed by atoms with Gasteiger partial charge in [0.15, 0.2) is 0 Å². The molecule has 3 fully saturated rings. The van der Waals surface area contributed by atoms with Crippen LogP contribution in [0.5, 0.6) is 0 Å². The molecule has 3 heterocycles. The Hall–Kier alpha value is -7.03. The molecule has 3 aromatic carbocycles. The number of likely N-dealkylation sites (N-methyl/N-ethyl adjacent to an activating group) is 1. The van der Waals surface area contributed by atoms with E-state index in [1.165, 1.54) is 11.9 Å². The lowest BCUT2D eigenvalue weighted by atomic mass is 9.99. The van der Waals surface area contributed by atoms with Crippen LogP contribution in [-0.2, 0) is 76.7 Å². The number of ether oxygens (including phenoxy) is 5. The first kappa shape index (κ1) is 74.0. The van der Waals surface area contributed by atoms with E-state index in [-0.39, 0.29) is 107 Å². The predicted octanol–water partition coefficient (Wildman–Crippen LogP) is 4.63. The minimum Gasteiger partial charge on any atom is -0.445 e. The van der Waals surface area contributed by atoms with Crippen LogP contribution in [0, 0.1) is 5.92 Å². The maximum atomic E-state index is 14.8. The second-order valence-electron chi connectivity index (χ2n) is 23.6. The molecule has 8 atom stereocenters. The number of nitrogens with zero attached hydrogens (tertiary/aromatic N) is 1. The Kier molecular flexibility index (Phi) is 33.4. The van der Waals surface area contributed by atoms with Gasteiger partial charge in [-0.25, -0.2) is 9.59 Å². The molecule has 92 heavy (non-hydrogen) atoms. The van der Waals surface area contributed by atoms with Crippen molar-refractivity contribution >= 4 is 76.8 Å². The Morgan fingerprint density at radius 2 is 1.08 bits per heavy atom. The fourth-order valence-electron chi connectivity index (χ4n) is 10.8. The summed E-state index contributed by atoms with van der Waals surface area (Å²) < 4.78 is 27.7. The molecule has 3 aliphatic heterocycles. The first-order chi connectivity index (χ1) is 44.5. The molecule has 0 radical (unpaired) electrons. The summed E-state index contributed by atoms with van der Waals surface area (Å²) in [5.74, 6) is -2.49. The number of unbranched alkanes of at least 4 members (excludes halogenated alkanes) is 3. The molecule has 0 unspecified atom stereocenters. The lowest BCUT2D eigenvalue weighted by Crippen LogP contribution is -2.59. The van der Waals surface area contributed by atoms with Gasteiger partial charge in [0.05, 0.1) is 64.9 Å². The average Bonchev–Trinajstić information content (AvgIpc) is 1.58. The van der Waals surface area contributed by atoms with Gasteiger partial charge in [0, 0.05) is 74.0 Å². The summed E-state index contributed by atoms with van der Waals surface area (Å²) >= 11 is 8.11. The van der Waals surface area contributed by atoms with Crippen LogP contribution in [0.1, 0.15) is 108 Å². The highest BCUT2D eigenvalue weighted by Gasteiger charge is 2.43. The van der Waals surface area contributed by atoms with Crippen molar-refractivity contribution in [3.63, 3.8) is 0 Å². The van der Waals surface area contributed by atoms with E-state index in [4.69, 9.17) is 35.3 Å². The SMILES string of the molecule is CC(C)C[C@@H]1NC(=O)[C@H](CCCCNC(=O)CCOCCOCCOCCOCCNC(=O)CCCC[C@@H]2SC[C@@H]3NC(=O)N[C@@H]32)NC(=O)[C@@H](CCCCNC(=O)OCc2ccccc2Cl)NC(=O)[C@@H](Cc2ccccc2)N(C)C(=O)[C@H](Cc2ccccc2)NC1=O. The Morgan fingerprint density at radius 1 is 0.554 bits per heavy atom. The van der Waals surface area contributed by atoms with Crippen LogP contribution in [0.25, 0.3) is 0 Å². The van der Waals surface area contributed by atoms with Crippen LogP contribution in [0.4, 0.5) is 9.59 Å². The highest BCUT2D eigenvalue weighted by molar-refractivity contribution is 8.00. The van der Waals surface area contributed by atoms with Crippen molar-refractivity contribution in [3.05, 3.63) is 107 Å². The fourth-order valence-corrected chi connectivity index (χ4v) is 12.6. The van der Waals surface area contributed by atoms with Crippen molar-refractivity contribution in [1.29, 1.82) is 0 Å². The van der Waals surface area contributed by atoms with E-state index in [1.807, 2.05) is 86.3 Å². The second kappa shape index (κ2) is 41.5. The zero-order valence-corrected chi connectivity index (χ0v) is 54.9. The maximum Gasteiger partial charge on any atom is 0.407 e. The maximum absolute atomic E-state index is 14.8. The van der Waals surface area contributed by atoms with E-state index in [2.05, 4.69) is 47.9 Å². The molecule has 0 aromatic heterocycles. The van der Waals surface area contributed by atoms with Crippen LogP contribution in [0.15, 0.2) is 84.9 Å². The predicted molar refractivity (Wildman–Crippen MR) is 349 cm³/mol. The van der Waals surface area contributed by atoms with E-state index in [9.17, 15) is 43.2 Å². The summed E-state index contributed by atoms with van der Waals surface area (Å²) in [5.41, 5.74) is 2.14. The monoisotopic (exact) mass is 1320 g/mol. The lowest BCUT2D eigenvalue weighted by Gasteiger charge is -2.32. The Labute approximate surface area is 549 Å². The number of nitrogens with one attached hydrogen (secondary N) is 9. The van der Waals surface area contributed by atoms with Gasteiger partial charge in [-0.3, -0.25) is 33.6 Å². The van der Waals surface area contributed by atoms with Gasteiger partial charge in [0.1, 0.15) is 36.8 Å². The molecule has 3 aliphatic rings. The molecule has 0 bridgehead atoms. The molecule has 0 saturated carbocycles. The normalized spacial score (nSPS) is 21.2. The summed E-state index contributed by atoms with van der Waals surface area (Å²) in [4.78, 5) is 124. The molecule has 6 rings (SSSR count). The summed E-state index contributed by atoms with van der Waals surface area (Å²) in [6.07, 6.45) is 4.63. The quantitative estimate of drug-likeness (QED) is 0.0279. The third kappa shape index (κ3) is 27.3. The highest BCUT2D eigenvalue weighted by atomic mass is 35.5. The molecule has 3 saturated heterocycles. The molecule has 24 nitrogen and oxygen atoms in total. The fraction of sp³-hybridized carbons (Fsp3) is 0.591. The number of thioether (sulfide) groups is 1. The average molecular weight is 1320 g/mol. The third-order valence-electron chi connectivity index (χ3n) is 15.9. The molecule has 26 heteroatoms. The van der Waals surface area contributed by atoms with Crippen molar-refractivity contribution in [2.24, 2.45) is 5.92 Å². The number of urea groups is 1. The zero-order chi connectivity index (χ0) is 65.9. The number of amides is 10. The minimum atomic E-state index is -1.21. The van der Waals surface area contributed by atoms with Crippen molar-refractivity contribution < 1.29 is 66.8 Å². The Bertz CT molecular complexity index is 2790. The molecule has 3 aromatic rings. The van der Waals surface area contributed by atoms with Gasteiger partial charge in [-0.15, -0.1) is 0 Å². The second-order valence-corrected chi connectivity index (χ2v) is 25.3. The summed E-state index contributed by atoms with van der Waals surface area (Å²) in [5, 5.41) is 26.9. The van der Waals surface area contributed by atoms with Gasteiger partial charge in [0.2, 0.25) is 41.4 Å². The number of halogens is 1. The van der Waals surface area contributed by atoms with E-state index in [0.717, 1.165) is 36.1 Å². The molecule has 0 aliphatic carbocycles. The largest absolute Gasteiger partial charge is 0.445 e. The van der Waals surface area contributed by atoms with Gasteiger partial charge in [-0.05, 0) is 80.9 Å². The lowest BCUT2D eigenvalue weighted by molar-refractivity contribution is -0.142. The first-order valence-electron chi connectivity index (χ1n) is 32.3. The standard InChI is InChI=1S/C66H95ClN10O14S/c1-45(2)40-52-62(82)74-53(41-46-18-6-4-7-19-46)64(84)77(3)55(42-47-20-8-5-9-21-47)63(83)72-51(25-15-17-30-70-66(86)91-43-48-22-10-11-23-49(48)67)60(80)71-50(61(81)73-52)24-14-16-29-68-58(79)28-32-87-34-36-89-38-39-90-37-35-88-33-31-69-57(78)27-13-12-26-56-59-54(44-92-56)75-65(85)76-59/h4-11,18-23,45,50-56,59H,12-17,24-44H2,1-3H3,(H,68,79)(H,69,78)(H,70,86)(H,71,80)(H,72,83)(H,73,81)(H,74,82)(H2,75,76,85)/t50-,51+,52-,53-,54-,55+,56-,59-/m0/s1. The van der Waals surface area contributed by atoms with Gasteiger partial charge < -0.3 is 76.4 Å². The van der Waals surface area contributed by atoms with Crippen LogP contribution in [0.3, 0.4) is 0 Å². The van der Waals surface area contributed by atoms with Gasteiger partial charge >= 0.3 is 12.1 Å². The van der Waals surface area contributed by atoms with Gasteiger partial charge in [-0.2, -0.15) is 11.8 Å². The van der Waals surface area contributed by atoms with E-state index in [1.54, 1.807) is 24.3 Å². The molecule has 0 spiro atoms. The van der Waals surface area contributed by atoms with Crippen LogP contribution >= 0.6 is 23.4 Å². The zero-order valence-electron chi connectivity index (χ0n) is 53.3. The number of carbonyl (C=O) groups is 9. The molecular weight excluding hydrogens is 1220 g/mol. The molecular formula is C66H95ClN10O14S. The number of carbonyl (C=O) groups excluding carboxylic acids is 9. The van der Waals surface area contributed by atoms with Crippen molar-refractivity contribution in [1.82, 2.24) is 52.8 Å². The minimum absolute atomic E-state index is 0.00411. The number of fused-ring (bicyclic) bond motifs is 1. The summed E-state index contributed by atoms with van der Waals surface area (Å²) in [7, 11) is 1.50. The molecule has 10 amide bonds. The van der Waals surface area contributed by atoms with Crippen molar-refractivity contribution in [2.45, 2.75) is 158 Å². The highest BCUT2D eigenvalue weighted by Crippen LogP contribution is 2.33. The van der Waals surface area contributed by atoms with E-state index < -0.39 is 65.8 Å². The van der Waals surface area contributed by atoms with Gasteiger partial charge in [0.25, 0.3) is 0 Å². The van der Waals surface area contributed by atoms with Crippen LogP contribution in [-0.4, -0.2) is 191 Å². The first-order valence-corrected chi connectivity index (χ1v) is 33.7. The smallest absolute Gasteiger partial charge is 0.407 e. The number of hydrogen-bond acceptors (Lipinski definition) is 15. The van der Waals surface area contributed by atoms with Crippen molar-refractivity contribution in [3.8, 4) is 0 Å². The van der Waals surface area contributed by atoms with Crippen molar-refractivity contribution in [2.75, 3.05) is 85.3 Å². The van der Waals surface area contributed by atoms with Gasteiger partial charge in [-0.1, -0.05) is 111 Å². The number of hydrogen-bond donors (Lipinski definition) is 9.